The van der Waals surface area contributed by atoms with Gasteiger partial charge >= 0.3 is 0 Å². The fourth-order valence-corrected chi connectivity index (χ4v) is 3.05. The van der Waals surface area contributed by atoms with Crippen molar-refractivity contribution >= 4 is 11.3 Å². The predicted molar refractivity (Wildman–Crippen MR) is 86.3 cm³/mol. The number of hydrogen-bond donors (Lipinski definition) is 1. The first-order chi connectivity index (χ1) is 9.60. The molecule has 1 atom stereocenters. The van der Waals surface area contributed by atoms with Crippen LogP contribution in [0.1, 0.15) is 49.5 Å². The Kier molecular flexibility index (Phi) is 5.38. The van der Waals surface area contributed by atoms with Crippen LogP contribution in [-0.2, 0) is 6.54 Å². The molecule has 2 aromatic rings. The molecule has 0 aliphatic rings. The number of hydrogen-bond acceptors (Lipinski definition) is 3. The largest absolute Gasteiger partial charge is 0.348 e. The summed E-state index contributed by atoms with van der Waals surface area (Å²) in [5.74, 6) is 0.596. The van der Waals surface area contributed by atoms with Gasteiger partial charge in [-0.1, -0.05) is 20.8 Å². The molecule has 2 rings (SSSR count). The number of rotatable bonds is 7. The van der Waals surface area contributed by atoms with Crippen LogP contribution < -0.4 is 5.32 Å². The minimum Gasteiger partial charge on any atom is -0.348 e. The zero-order valence-corrected chi connectivity index (χ0v) is 13.7. The minimum atomic E-state index is 0.438. The van der Waals surface area contributed by atoms with Gasteiger partial charge in [0.15, 0.2) is 0 Å². The second-order valence-electron chi connectivity index (χ2n) is 5.65. The van der Waals surface area contributed by atoms with E-state index in [0.29, 0.717) is 12.0 Å². The average Bonchev–Trinajstić information content (AvgIpc) is 3.00. The standard InChI is InChI=1S/C16H25N3S/c1-5-7-17-16(12(2)3)14-6-8-19(9-14)10-15-11-20-13(4)18-15/h6,8-9,11-12,16-17H,5,7,10H2,1-4H3. The maximum atomic E-state index is 4.53. The van der Waals surface area contributed by atoms with Crippen molar-refractivity contribution in [3.63, 3.8) is 0 Å². The van der Waals surface area contributed by atoms with Crippen LogP contribution in [0.4, 0.5) is 0 Å². The van der Waals surface area contributed by atoms with E-state index in [2.05, 4.69) is 66.4 Å². The van der Waals surface area contributed by atoms with Crippen LogP contribution in [0.2, 0.25) is 0 Å². The Labute approximate surface area is 126 Å². The maximum absolute atomic E-state index is 4.53. The summed E-state index contributed by atoms with van der Waals surface area (Å²) in [6.07, 6.45) is 5.58. The SMILES string of the molecule is CCCNC(c1ccn(Cc2csc(C)n2)c1)C(C)C. The van der Waals surface area contributed by atoms with Crippen molar-refractivity contribution in [2.75, 3.05) is 6.54 Å². The van der Waals surface area contributed by atoms with Gasteiger partial charge < -0.3 is 9.88 Å². The van der Waals surface area contributed by atoms with Crippen molar-refractivity contribution in [1.29, 1.82) is 0 Å². The van der Waals surface area contributed by atoms with Crippen molar-refractivity contribution in [3.05, 3.63) is 40.1 Å². The molecule has 0 aromatic carbocycles. The van der Waals surface area contributed by atoms with Crippen LogP contribution in [0.25, 0.3) is 0 Å². The first-order valence-electron chi connectivity index (χ1n) is 7.40. The van der Waals surface area contributed by atoms with Gasteiger partial charge in [0.1, 0.15) is 0 Å². The molecule has 0 aliphatic carbocycles. The van der Waals surface area contributed by atoms with Gasteiger partial charge in [0.25, 0.3) is 0 Å². The number of nitrogens with zero attached hydrogens (tertiary/aromatic N) is 2. The summed E-state index contributed by atoms with van der Waals surface area (Å²) < 4.78 is 2.23. The van der Waals surface area contributed by atoms with E-state index < -0.39 is 0 Å². The van der Waals surface area contributed by atoms with Crippen LogP contribution in [0, 0.1) is 12.8 Å². The van der Waals surface area contributed by atoms with Crippen molar-refractivity contribution < 1.29 is 0 Å². The van der Waals surface area contributed by atoms with Crippen LogP contribution in [0.5, 0.6) is 0 Å². The fraction of sp³-hybridized carbons (Fsp3) is 0.562. The zero-order chi connectivity index (χ0) is 14.5. The highest BCUT2D eigenvalue weighted by Crippen LogP contribution is 2.22. The maximum Gasteiger partial charge on any atom is 0.0898 e. The molecule has 2 aromatic heterocycles. The van der Waals surface area contributed by atoms with Crippen molar-refractivity contribution in [1.82, 2.24) is 14.9 Å². The molecule has 0 radical (unpaired) electrons. The predicted octanol–water partition coefficient (Wildman–Crippen LogP) is 4.00. The van der Waals surface area contributed by atoms with Gasteiger partial charge in [0.2, 0.25) is 0 Å². The molecule has 1 N–H and O–H groups in total. The number of aromatic nitrogens is 2. The summed E-state index contributed by atoms with van der Waals surface area (Å²) in [4.78, 5) is 4.53. The third-order valence-corrected chi connectivity index (χ3v) is 4.25. The normalized spacial score (nSPS) is 13.1. The first-order valence-corrected chi connectivity index (χ1v) is 8.28. The highest BCUT2D eigenvalue weighted by atomic mass is 32.1. The molecule has 0 saturated heterocycles. The molecule has 20 heavy (non-hydrogen) atoms. The summed E-state index contributed by atoms with van der Waals surface area (Å²) in [6.45, 7) is 10.7. The Balaban J connectivity index is 2.06. The molecular formula is C16H25N3S. The van der Waals surface area contributed by atoms with E-state index in [4.69, 9.17) is 0 Å². The molecule has 0 aliphatic heterocycles. The molecule has 110 valence electrons. The third-order valence-electron chi connectivity index (χ3n) is 3.42. The van der Waals surface area contributed by atoms with E-state index in [9.17, 15) is 0 Å². The molecule has 0 spiro atoms. The van der Waals surface area contributed by atoms with Crippen LogP contribution in [-0.4, -0.2) is 16.1 Å². The van der Waals surface area contributed by atoms with Gasteiger partial charge in [-0.3, -0.25) is 0 Å². The third kappa shape index (κ3) is 3.93. The quantitative estimate of drug-likeness (QED) is 0.835. The summed E-state index contributed by atoms with van der Waals surface area (Å²) in [7, 11) is 0. The fourth-order valence-electron chi connectivity index (χ4n) is 2.45. The van der Waals surface area contributed by atoms with Crippen LogP contribution >= 0.6 is 11.3 Å². The Morgan fingerprint density at radius 3 is 2.80 bits per heavy atom. The molecular weight excluding hydrogens is 266 g/mol. The molecule has 3 nitrogen and oxygen atoms in total. The Morgan fingerprint density at radius 2 is 2.20 bits per heavy atom. The smallest absolute Gasteiger partial charge is 0.0898 e. The Bertz CT molecular complexity index is 527. The summed E-state index contributed by atoms with van der Waals surface area (Å²) in [5.41, 5.74) is 2.53. The topological polar surface area (TPSA) is 29.9 Å². The lowest BCUT2D eigenvalue weighted by atomic mass is 9.98. The summed E-state index contributed by atoms with van der Waals surface area (Å²) >= 11 is 1.72. The van der Waals surface area contributed by atoms with Crippen LogP contribution in [0.15, 0.2) is 23.8 Å². The molecule has 0 bridgehead atoms. The molecule has 2 heterocycles. The van der Waals surface area contributed by atoms with Gasteiger partial charge in [0.05, 0.1) is 17.2 Å². The molecule has 0 fully saturated rings. The minimum absolute atomic E-state index is 0.438. The van der Waals surface area contributed by atoms with Gasteiger partial charge in [-0.15, -0.1) is 11.3 Å². The lowest BCUT2D eigenvalue weighted by Crippen LogP contribution is -2.26. The van der Waals surface area contributed by atoms with Gasteiger partial charge in [-0.2, -0.15) is 0 Å². The second kappa shape index (κ2) is 7.04. The first kappa shape index (κ1) is 15.3. The number of aryl methyl sites for hydroxylation is 1. The van der Waals surface area contributed by atoms with Gasteiger partial charge in [0, 0.05) is 23.8 Å². The number of thiazole rings is 1. The molecule has 0 amide bonds. The van der Waals surface area contributed by atoms with Crippen molar-refractivity contribution in [3.8, 4) is 0 Å². The van der Waals surface area contributed by atoms with E-state index in [1.54, 1.807) is 11.3 Å². The van der Waals surface area contributed by atoms with Crippen LogP contribution in [0.3, 0.4) is 0 Å². The highest BCUT2D eigenvalue weighted by Gasteiger charge is 2.15. The second-order valence-corrected chi connectivity index (χ2v) is 6.71. The van der Waals surface area contributed by atoms with Crippen molar-refractivity contribution in [2.24, 2.45) is 5.92 Å². The Hall–Kier alpha value is -1.13. The lowest BCUT2D eigenvalue weighted by Gasteiger charge is -2.21. The highest BCUT2D eigenvalue weighted by molar-refractivity contribution is 7.09. The van der Waals surface area contributed by atoms with E-state index in [1.807, 2.05) is 0 Å². The van der Waals surface area contributed by atoms with E-state index in [1.165, 1.54) is 12.0 Å². The molecule has 1 unspecified atom stereocenters. The Morgan fingerprint density at radius 1 is 1.40 bits per heavy atom. The van der Waals surface area contributed by atoms with Crippen molar-refractivity contribution in [2.45, 2.75) is 46.7 Å². The molecule has 4 heteroatoms. The van der Waals surface area contributed by atoms with Gasteiger partial charge in [-0.25, -0.2) is 4.98 Å². The van der Waals surface area contributed by atoms with Gasteiger partial charge in [-0.05, 0) is 37.4 Å². The summed E-state index contributed by atoms with van der Waals surface area (Å²) in [5, 5.41) is 6.92. The average molecular weight is 291 g/mol. The van der Waals surface area contributed by atoms with E-state index >= 15 is 0 Å². The summed E-state index contributed by atoms with van der Waals surface area (Å²) in [6, 6.07) is 2.67. The molecule has 0 saturated carbocycles. The number of nitrogens with one attached hydrogen (secondary N) is 1. The van der Waals surface area contributed by atoms with E-state index in [0.717, 1.165) is 23.8 Å². The zero-order valence-electron chi connectivity index (χ0n) is 12.9. The monoisotopic (exact) mass is 291 g/mol. The lowest BCUT2D eigenvalue weighted by molar-refractivity contribution is 0.412. The van der Waals surface area contributed by atoms with E-state index in [-0.39, 0.29) is 0 Å².